The van der Waals surface area contributed by atoms with Crippen LogP contribution in [0.1, 0.15) is 16.6 Å². The molecule has 2 aromatic heterocycles. The number of amides is 1. The topological polar surface area (TPSA) is 42.0 Å². The Bertz CT molecular complexity index is 751. The van der Waals surface area contributed by atoms with E-state index in [4.69, 9.17) is 0 Å². The molecule has 0 fully saturated rings. The largest absolute Gasteiger partial charge is 0.311 e. The normalized spacial score (nSPS) is 10.6. The van der Waals surface area contributed by atoms with Gasteiger partial charge in [-0.2, -0.15) is 0 Å². The number of carbonyl (C=O) groups is 1. The van der Waals surface area contributed by atoms with Crippen molar-refractivity contribution in [2.45, 2.75) is 11.3 Å². The van der Waals surface area contributed by atoms with Crippen molar-refractivity contribution in [2.75, 3.05) is 11.1 Å². The second kappa shape index (κ2) is 7.09. The van der Waals surface area contributed by atoms with Crippen LogP contribution in [0.2, 0.25) is 0 Å². The van der Waals surface area contributed by atoms with Gasteiger partial charge in [-0.05, 0) is 17.2 Å². The summed E-state index contributed by atoms with van der Waals surface area (Å²) in [5.74, 6) is 0.879. The second-order valence-electron chi connectivity index (χ2n) is 4.39. The van der Waals surface area contributed by atoms with Gasteiger partial charge in [0.1, 0.15) is 10.7 Å². The molecule has 3 rings (SSSR count). The molecule has 0 aliphatic carbocycles. The molecule has 112 valence electrons. The maximum atomic E-state index is 12.3. The van der Waals surface area contributed by atoms with Gasteiger partial charge in [0.25, 0.3) is 5.91 Å². The lowest BCUT2D eigenvalue weighted by Crippen LogP contribution is -2.09. The molecule has 0 atom stereocenters. The van der Waals surface area contributed by atoms with E-state index in [0.717, 1.165) is 26.4 Å². The number of aromatic nitrogens is 1. The fourth-order valence-corrected chi connectivity index (χ4v) is 4.51. The minimum absolute atomic E-state index is 0.0797. The predicted octanol–water partition coefficient (Wildman–Crippen LogP) is 5.24. The highest BCUT2D eigenvalue weighted by molar-refractivity contribution is 8.01. The Morgan fingerprint density at radius 1 is 1.23 bits per heavy atom. The molecule has 22 heavy (non-hydrogen) atoms. The summed E-state index contributed by atoms with van der Waals surface area (Å²) in [6.07, 6.45) is 0. The quantitative estimate of drug-likeness (QED) is 0.643. The van der Waals surface area contributed by atoms with Gasteiger partial charge >= 0.3 is 0 Å². The van der Waals surface area contributed by atoms with E-state index in [2.05, 4.69) is 17.2 Å². The summed E-state index contributed by atoms with van der Waals surface area (Å²) in [5.41, 5.74) is 1.86. The molecule has 1 N–H and O–H groups in total. The average molecular weight is 347 g/mol. The van der Waals surface area contributed by atoms with Crippen LogP contribution in [0.5, 0.6) is 0 Å². The van der Waals surface area contributed by atoms with Crippen LogP contribution in [0.4, 0.5) is 5.00 Å². The number of hydrogen-bond donors (Lipinski definition) is 1. The van der Waals surface area contributed by atoms with E-state index in [9.17, 15) is 4.79 Å². The number of anilines is 1. The summed E-state index contributed by atoms with van der Waals surface area (Å²) in [6, 6.07) is 13.7. The molecule has 0 aliphatic rings. The molecule has 6 heteroatoms. The minimum Gasteiger partial charge on any atom is -0.311 e. The summed E-state index contributed by atoms with van der Waals surface area (Å²) < 4.78 is 0.975. The first-order valence-electron chi connectivity index (χ1n) is 6.82. The molecular formula is C16H14N2OS3. The van der Waals surface area contributed by atoms with Crippen LogP contribution in [0.3, 0.4) is 0 Å². The smallest absolute Gasteiger partial charge is 0.266 e. The molecule has 0 aliphatic heterocycles. The lowest BCUT2D eigenvalue weighted by Gasteiger charge is -2.03. The van der Waals surface area contributed by atoms with E-state index in [1.807, 2.05) is 47.8 Å². The molecule has 0 saturated carbocycles. The van der Waals surface area contributed by atoms with E-state index in [1.54, 1.807) is 11.8 Å². The number of rotatable bonds is 5. The zero-order valence-corrected chi connectivity index (χ0v) is 14.4. The van der Waals surface area contributed by atoms with Crippen LogP contribution in [-0.2, 0) is 0 Å². The third-order valence-electron chi connectivity index (χ3n) is 2.89. The first-order valence-corrected chi connectivity index (χ1v) is 9.50. The molecule has 1 aromatic carbocycles. The first kappa shape index (κ1) is 15.3. The van der Waals surface area contributed by atoms with E-state index >= 15 is 0 Å². The van der Waals surface area contributed by atoms with Gasteiger partial charge in [0.05, 0.1) is 4.88 Å². The van der Waals surface area contributed by atoms with Gasteiger partial charge in [0, 0.05) is 5.56 Å². The van der Waals surface area contributed by atoms with Crippen molar-refractivity contribution in [3.05, 3.63) is 52.7 Å². The van der Waals surface area contributed by atoms with E-state index in [-0.39, 0.29) is 5.91 Å². The average Bonchev–Trinajstić information content (AvgIpc) is 3.18. The Labute approximate surface area is 141 Å². The van der Waals surface area contributed by atoms with Gasteiger partial charge < -0.3 is 5.32 Å². The number of hydrogen-bond acceptors (Lipinski definition) is 5. The van der Waals surface area contributed by atoms with Crippen molar-refractivity contribution in [1.82, 2.24) is 4.98 Å². The van der Waals surface area contributed by atoms with Crippen LogP contribution >= 0.6 is 34.4 Å². The van der Waals surface area contributed by atoms with Gasteiger partial charge in [-0.1, -0.05) is 66.4 Å². The maximum Gasteiger partial charge on any atom is 0.266 e. The number of thiazole rings is 1. The Hall–Kier alpha value is -1.63. The molecule has 0 radical (unpaired) electrons. The summed E-state index contributed by atoms with van der Waals surface area (Å²) in [4.78, 5) is 17.7. The van der Waals surface area contributed by atoms with Gasteiger partial charge in [-0.3, -0.25) is 4.79 Å². The third-order valence-corrected chi connectivity index (χ3v) is 5.76. The van der Waals surface area contributed by atoms with Crippen LogP contribution in [0, 0.1) is 0 Å². The minimum atomic E-state index is -0.0797. The van der Waals surface area contributed by atoms with Crippen molar-refractivity contribution in [2.24, 2.45) is 0 Å². The van der Waals surface area contributed by atoms with E-state index in [1.165, 1.54) is 22.7 Å². The first-order chi connectivity index (χ1) is 10.8. The number of thiophene rings is 1. The highest BCUT2D eigenvalue weighted by atomic mass is 32.2. The SMILES string of the molecule is CCSc1nc(-c2ccccc2)c(NC(=O)c2cccs2)s1. The van der Waals surface area contributed by atoms with Crippen molar-refractivity contribution >= 4 is 45.3 Å². The molecule has 0 unspecified atom stereocenters. The number of carbonyl (C=O) groups excluding carboxylic acids is 1. The van der Waals surface area contributed by atoms with E-state index < -0.39 is 0 Å². The third kappa shape index (κ3) is 3.40. The molecule has 3 nitrogen and oxygen atoms in total. The van der Waals surface area contributed by atoms with Gasteiger partial charge in [-0.25, -0.2) is 4.98 Å². The monoisotopic (exact) mass is 346 g/mol. The zero-order chi connectivity index (χ0) is 15.4. The summed E-state index contributed by atoms with van der Waals surface area (Å²) in [7, 11) is 0. The summed E-state index contributed by atoms with van der Waals surface area (Å²) in [5, 5.41) is 5.71. The van der Waals surface area contributed by atoms with Crippen molar-refractivity contribution in [3.8, 4) is 11.3 Å². The standard InChI is InChI=1S/C16H14N2OS3/c1-2-20-16-17-13(11-7-4-3-5-8-11)15(22-16)18-14(19)12-9-6-10-21-12/h3-10H,2H2,1H3,(H,18,19). The zero-order valence-electron chi connectivity index (χ0n) is 11.9. The Balaban J connectivity index is 1.93. The van der Waals surface area contributed by atoms with Crippen LogP contribution in [0.25, 0.3) is 11.3 Å². The maximum absolute atomic E-state index is 12.3. The fourth-order valence-electron chi connectivity index (χ4n) is 1.93. The number of thioether (sulfide) groups is 1. The molecular weight excluding hydrogens is 332 g/mol. The van der Waals surface area contributed by atoms with Gasteiger partial charge in [-0.15, -0.1) is 11.3 Å². The van der Waals surface area contributed by atoms with Crippen LogP contribution < -0.4 is 5.32 Å². The van der Waals surface area contributed by atoms with E-state index in [0.29, 0.717) is 4.88 Å². The van der Waals surface area contributed by atoms with Gasteiger partial charge in [0.2, 0.25) is 0 Å². The second-order valence-corrected chi connectivity index (χ2v) is 7.85. The lowest BCUT2D eigenvalue weighted by molar-refractivity contribution is 0.103. The Morgan fingerprint density at radius 3 is 2.73 bits per heavy atom. The van der Waals surface area contributed by atoms with Crippen LogP contribution in [0.15, 0.2) is 52.2 Å². The molecule has 0 saturated heterocycles. The highest BCUT2D eigenvalue weighted by Gasteiger charge is 2.16. The molecule has 0 bridgehead atoms. The molecule has 0 spiro atoms. The summed E-state index contributed by atoms with van der Waals surface area (Å²) >= 11 is 4.65. The molecule has 1 amide bonds. The predicted molar refractivity (Wildman–Crippen MR) is 96.2 cm³/mol. The van der Waals surface area contributed by atoms with Crippen molar-refractivity contribution in [1.29, 1.82) is 0 Å². The van der Waals surface area contributed by atoms with Crippen LogP contribution in [-0.4, -0.2) is 16.6 Å². The van der Waals surface area contributed by atoms with Crippen molar-refractivity contribution in [3.63, 3.8) is 0 Å². The molecule has 2 heterocycles. The highest BCUT2D eigenvalue weighted by Crippen LogP contribution is 2.37. The summed E-state index contributed by atoms with van der Waals surface area (Å²) in [6.45, 7) is 2.10. The number of benzene rings is 1. The fraction of sp³-hybridized carbons (Fsp3) is 0.125. The van der Waals surface area contributed by atoms with Crippen molar-refractivity contribution < 1.29 is 4.79 Å². The molecule has 3 aromatic rings. The van der Waals surface area contributed by atoms with Gasteiger partial charge in [0.15, 0.2) is 4.34 Å². The Morgan fingerprint density at radius 2 is 2.05 bits per heavy atom. The number of nitrogens with zero attached hydrogens (tertiary/aromatic N) is 1. The lowest BCUT2D eigenvalue weighted by atomic mass is 10.2. The number of nitrogens with one attached hydrogen (secondary N) is 1. The Kier molecular flexibility index (Phi) is 4.92.